The van der Waals surface area contributed by atoms with Gasteiger partial charge >= 0.3 is 0 Å². The molecule has 0 aliphatic carbocycles. The third-order valence-corrected chi connectivity index (χ3v) is 9.56. The topological polar surface area (TPSA) is 78.0 Å². The Balaban J connectivity index is 1.30. The summed E-state index contributed by atoms with van der Waals surface area (Å²) >= 11 is 1.67. The average Bonchev–Trinajstić information content (AvgIpc) is 3.50. The van der Waals surface area contributed by atoms with Crippen molar-refractivity contribution in [1.29, 1.82) is 0 Å². The molecule has 2 aliphatic rings. The number of hydrogen-bond donors (Lipinski definition) is 0. The normalized spacial score (nSPS) is 19.8. The molecule has 0 radical (unpaired) electrons. The van der Waals surface area contributed by atoms with Crippen LogP contribution in [0.15, 0.2) is 40.6 Å². The first kappa shape index (κ1) is 23.9. The predicted octanol–water partition coefficient (Wildman–Crippen LogP) is 3.34. The van der Waals surface area contributed by atoms with Gasteiger partial charge in [-0.25, -0.2) is 8.42 Å². The summed E-state index contributed by atoms with van der Waals surface area (Å²) in [6, 6.07) is 9.63. The van der Waals surface area contributed by atoms with Gasteiger partial charge in [-0.15, -0.1) is 11.3 Å². The van der Waals surface area contributed by atoms with Crippen LogP contribution in [0.1, 0.15) is 47.7 Å². The van der Waals surface area contributed by atoms with E-state index in [1.807, 2.05) is 35.4 Å². The van der Waals surface area contributed by atoms with Crippen molar-refractivity contribution in [2.75, 3.05) is 32.7 Å². The molecule has 1 atom stereocenters. The Morgan fingerprint density at radius 2 is 1.73 bits per heavy atom. The van der Waals surface area contributed by atoms with Gasteiger partial charge in [-0.2, -0.15) is 4.31 Å². The Kier molecular flexibility index (Phi) is 7.21. The van der Waals surface area contributed by atoms with Crippen LogP contribution in [0.4, 0.5) is 0 Å². The lowest BCUT2D eigenvalue weighted by Gasteiger charge is -2.34. The first-order valence-corrected chi connectivity index (χ1v) is 13.8. The van der Waals surface area contributed by atoms with E-state index < -0.39 is 10.0 Å². The van der Waals surface area contributed by atoms with Gasteiger partial charge in [0.15, 0.2) is 0 Å². The maximum absolute atomic E-state index is 13.1. The second kappa shape index (κ2) is 9.95. The van der Waals surface area contributed by atoms with Crippen LogP contribution >= 0.6 is 11.3 Å². The highest BCUT2D eigenvalue weighted by molar-refractivity contribution is 7.89. The minimum atomic E-state index is -3.59. The van der Waals surface area contributed by atoms with Gasteiger partial charge in [-0.1, -0.05) is 18.2 Å². The van der Waals surface area contributed by atoms with Crippen molar-refractivity contribution in [1.82, 2.24) is 14.1 Å². The number of rotatable bonds is 6. The zero-order valence-electron chi connectivity index (χ0n) is 19.2. The Labute approximate surface area is 200 Å². The molecule has 2 aliphatic heterocycles. The van der Waals surface area contributed by atoms with Crippen LogP contribution < -0.4 is 0 Å². The Morgan fingerprint density at radius 3 is 2.42 bits per heavy atom. The number of benzene rings is 1. The summed E-state index contributed by atoms with van der Waals surface area (Å²) in [4.78, 5) is 30.7. The van der Waals surface area contributed by atoms with E-state index in [1.54, 1.807) is 29.2 Å². The fourth-order valence-corrected chi connectivity index (χ4v) is 7.27. The molecule has 178 valence electrons. The molecular formula is C24H31N3O4S2. The van der Waals surface area contributed by atoms with E-state index in [-0.39, 0.29) is 43.8 Å². The number of carbonyl (C=O) groups is 2. The van der Waals surface area contributed by atoms with Gasteiger partial charge in [0.05, 0.1) is 10.9 Å². The minimum absolute atomic E-state index is 0.0235. The van der Waals surface area contributed by atoms with Crippen molar-refractivity contribution in [2.45, 2.75) is 50.5 Å². The SMILES string of the molecule is Cc1ccc(C)c(S(=O)(=O)N2CCN(C(=O)CCC(=O)N3CCCC3c3cccs3)CC2)c1. The summed E-state index contributed by atoms with van der Waals surface area (Å²) in [7, 11) is -3.59. The molecule has 4 rings (SSSR count). The third kappa shape index (κ3) is 5.15. The van der Waals surface area contributed by atoms with Crippen LogP contribution in [0.3, 0.4) is 0 Å². The predicted molar refractivity (Wildman–Crippen MR) is 128 cm³/mol. The molecular weight excluding hydrogens is 458 g/mol. The number of carbonyl (C=O) groups excluding carboxylic acids is 2. The lowest BCUT2D eigenvalue weighted by molar-refractivity contribution is -0.138. The molecule has 33 heavy (non-hydrogen) atoms. The maximum atomic E-state index is 13.1. The van der Waals surface area contributed by atoms with E-state index in [9.17, 15) is 18.0 Å². The highest BCUT2D eigenvalue weighted by atomic mass is 32.2. The molecule has 2 amide bonds. The second-order valence-corrected chi connectivity index (χ2v) is 11.7. The molecule has 0 N–H and O–H groups in total. The van der Waals surface area contributed by atoms with E-state index in [2.05, 4.69) is 6.07 Å². The van der Waals surface area contributed by atoms with Crippen LogP contribution in [0.2, 0.25) is 0 Å². The largest absolute Gasteiger partial charge is 0.340 e. The zero-order valence-corrected chi connectivity index (χ0v) is 20.8. The van der Waals surface area contributed by atoms with Crippen molar-refractivity contribution in [3.05, 3.63) is 51.7 Å². The Morgan fingerprint density at radius 1 is 1.00 bits per heavy atom. The molecule has 2 aromatic rings. The van der Waals surface area contributed by atoms with Crippen molar-refractivity contribution in [3.63, 3.8) is 0 Å². The van der Waals surface area contributed by atoms with Gasteiger partial charge in [-0.05, 0) is 55.3 Å². The number of piperazine rings is 1. The zero-order chi connectivity index (χ0) is 23.6. The number of thiophene rings is 1. The molecule has 0 spiro atoms. The van der Waals surface area contributed by atoms with E-state index in [1.165, 1.54) is 9.18 Å². The quantitative estimate of drug-likeness (QED) is 0.624. The molecule has 7 nitrogen and oxygen atoms in total. The maximum Gasteiger partial charge on any atom is 0.243 e. The van der Waals surface area contributed by atoms with Gasteiger partial charge in [0, 0.05) is 50.4 Å². The number of amides is 2. The molecule has 1 unspecified atom stereocenters. The lowest BCUT2D eigenvalue weighted by atomic mass is 10.1. The van der Waals surface area contributed by atoms with Crippen LogP contribution in [0, 0.1) is 13.8 Å². The van der Waals surface area contributed by atoms with Crippen molar-refractivity contribution in [3.8, 4) is 0 Å². The van der Waals surface area contributed by atoms with E-state index in [4.69, 9.17) is 0 Å². The molecule has 1 aromatic carbocycles. The highest BCUT2D eigenvalue weighted by Gasteiger charge is 2.33. The number of likely N-dealkylation sites (tertiary alicyclic amines) is 1. The number of aryl methyl sites for hydroxylation is 2. The molecule has 0 saturated carbocycles. The lowest BCUT2D eigenvalue weighted by Crippen LogP contribution is -2.50. The molecule has 2 saturated heterocycles. The summed E-state index contributed by atoms with van der Waals surface area (Å²) in [5.41, 5.74) is 1.62. The summed E-state index contributed by atoms with van der Waals surface area (Å²) < 4.78 is 27.7. The van der Waals surface area contributed by atoms with Crippen molar-refractivity contribution >= 4 is 33.2 Å². The van der Waals surface area contributed by atoms with Gasteiger partial charge in [0.1, 0.15) is 0 Å². The second-order valence-electron chi connectivity index (χ2n) is 8.81. The summed E-state index contributed by atoms with van der Waals surface area (Å²) in [6.45, 7) is 5.64. The van der Waals surface area contributed by atoms with Crippen LogP contribution in [0.5, 0.6) is 0 Å². The summed E-state index contributed by atoms with van der Waals surface area (Å²) in [6.07, 6.45) is 2.31. The molecule has 3 heterocycles. The van der Waals surface area contributed by atoms with Crippen molar-refractivity contribution in [2.24, 2.45) is 0 Å². The smallest absolute Gasteiger partial charge is 0.243 e. The first-order valence-electron chi connectivity index (χ1n) is 11.5. The molecule has 0 bridgehead atoms. The molecule has 1 aromatic heterocycles. The van der Waals surface area contributed by atoms with Gasteiger partial charge in [-0.3, -0.25) is 9.59 Å². The summed E-state index contributed by atoms with van der Waals surface area (Å²) in [5, 5.41) is 2.03. The van der Waals surface area contributed by atoms with E-state index in [0.717, 1.165) is 30.5 Å². The van der Waals surface area contributed by atoms with Crippen LogP contribution in [-0.4, -0.2) is 67.1 Å². The number of nitrogens with zero attached hydrogens (tertiary/aromatic N) is 3. The standard InChI is InChI=1S/C24H31N3O4S2/c1-18-7-8-19(2)22(17-18)33(30,31)26-14-12-25(13-15-26)23(28)9-10-24(29)27-11-3-5-20(27)21-6-4-16-32-21/h4,6-8,16-17,20H,3,5,9-15H2,1-2H3. The fraction of sp³-hybridized carbons (Fsp3) is 0.500. The number of hydrogen-bond acceptors (Lipinski definition) is 5. The molecule has 2 fully saturated rings. The monoisotopic (exact) mass is 489 g/mol. The van der Waals surface area contributed by atoms with E-state index >= 15 is 0 Å². The van der Waals surface area contributed by atoms with Gasteiger partial charge < -0.3 is 9.80 Å². The van der Waals surface area contributed by atoms with Crippen LogP contribution in [0.25, 0.3) is 0 Å². The minimum Gasteiger partial charge on any atom is -0.340 e. The van der Waals surface area contributed by atoms with Gasteiger partial charge in [0.25, 0.3) is 0 Å². The van der Waals surface area contributed by atoms with E-state index in [0.29, 0.717) is 18.0 Å². The molecule has 9 heteroatoms. The fourth-order valence-electron chi connectivity index (χ4n) is 4.66. The Hall–Kier alpha value is -2.23. The third-order valence-electron chi connectivity index (χ3n) is 6.55. The Bertz CT molecular complexity index is 1110. The highest BCUT2D eigenvalue weighted by Crippen LogP contribution is 2.35. The van der Waals surface area contributed by atoms with Crippen molar-refractivity contribution < 1.29 is 18.0 Å². The average molecular weight is 490 g/mol. The summed E-state index contributed by atoms with van der Waals surface area (Å²) in [5.74, 6) is -0.0607. The first-order chi connectivity index (χ1) is 15.8. The van der Waals surface area contributed by atoms with Crippen LogP contribution in [-0.2, 0) is 19.6 Å². The number of sulfonamides is 1. The van der Waals surface area contributed by atoms with Gasteiger partial charge in [0.2, 0.25) is 21.8 Å².